The first-order chi connectivity index (χ1) is 13.4. The van der Waals surface area contributed by atoms with Crippen LogP contribution in [0.5, 0.6) is 0 Å². The Labute approximate surface area is 175 Å². The summed E-state index contributed by atoms with van der Waals surface area (Å²) in [6.45, 7) is 3.79. The van der Waals surface area contributed by atoms with E-state index in [0.29, 0.717) is 28.8 Å². The topological polar surface area (TPSA) is 61.4 Å². The largest absolute Gasteiger partial charge is 0.326 e. The first kappa shape index (κ1) is 20.6. The van der Waals surface area contributed by atoms with E-state index in [1.54, 1.807) is 30.3 Å². The third-order valence-corrected chi connectivity index (χ3v) is 5.35. The van der Waals surface area contributed by atoms with Crippen molar-refractivity contribution in [1.29, 1.82) is 0 Å². The highest BCUT2D eigenvalue weighted by Crippen LogP contribution is 2.25. The van der Waals surface area contributed by atoms with Crippen molar-refractivity contribution in [2.24, 2.45) is 5.92 Å². The van der Waals surface area contributed by atoms with Crippen molar-refractivity contribution in [3.8, 4) is 0 Å². The Kier molecular flexibility index (Phi) is 6.94. The monoisotopic (exact) mass is 419 g/mol. The number of carbonyl (C=O) groups excluding carboxylic acids is 2. The van der Waals surface area contributed by atoms with Gasteiger partial charge in [-0.1, -0.05) is 29.3 Å². The fourth-order valence-electron chi connectivity index (χ4n) is 3.39. The molecule has 1 aliphatic heterocycles. The highest BCUT2D eigenvalue weighted by Gasteiger charge is 2.26. The highest BCUT2D eigenvalue weighted by molar-refractivity contribution is 6.35. The molecule has 148 valence electrons. The summed E-state index contributed by atoms with van der Waals surface area (Å²) in [5.74, 6) is -0.186. The number of nitrogens with zero attached hydrogens (tertiary/aromatic N) is 1. The van der Waals surface area contributed by atoms with Crippen molar-refractivity contribution in [2.45, 2.75) is 26.3 Å². The van der Waals surface area contributed by atoms with Crippen LogP contribution in [-0.2, 0) is 16.1 Å². The second-order valence-corrected chi connectivity index (χ2v) is 7.90. The van der Waals surface area contributed by atoms with Gasteiger partial charge in [0, 0.05) is 41.4 Å². The van der Waals surface area contributed by atoms with Crippen LogP contribution in [0.1, 0.15) is 25.3 Å². The van der Waals surface area contributed by atoms with Gasteiger partial charge in [0.15, 0.2) is 0 Å². The highest BCUT2D eigenvalue weighted by atomic mass is 35.5. The van der Waals surface area contributed by atoms with Gasteiger partial charge >= 0.3 is 0 Å². The van der Waals surface area contributed by atoms with E-state index < -0.39 is 0 Å². The van der Waals surface area contributed by atoms with Crippen LogP contribution < -0.4 is 10.6 Å². The molecule has 1 atom stereocenters. The molecule has 1 heterocycles. The minimum Gasteiger partial charge on any atom is -0.326 e. The summed E-state index contributed by atoms with van der Waals surface area (Å²) in [5.41, 5.74) is 2.44. The summed E-state index contributed by atoms with van der Waals surface area (Å²) in [6.07, 6.45) is 1.82. The fourth-order valence-corrected chi connectivity index (χ4v) is 3.86. The van der Waals surface area contributed by atoms with Gasteiger partial charge in [-0.05, 0) is 61.3 Å². The molecule has 28 heavy (non-hydrogen) atoms. The summed E-state index contributed by atoms with van der Waals surface area (Å²) in [4.78, 5) is 26.0. The lowest BCUT2D eigenvalue weighted by molar-refractivity contribution is -0.121. The molecule has 2 N–H and O–H groups in total. The predicted octanol–water partition coefficient (Wildman–Crippen LogP) is 4.80. The van der Waals surface area contributed by atoms with Crippen molar-refractivity contribution in [3.05, 3.63) is 58.1 Å². The predicted molar refractivity (Wildman–Crippen MR) is 114 cm³/mol. The van der Waals surface area contributed by atoms with Crippen LogP contribution in [0.2, 0.25) is 10.0 Å². The van der Waals surface area contributed by atoms with E-state index in [-0.39, 0.29) is 17.7 Å². The van der Waals surface area contributed by atoms with Crippen molar-refractivity contribution >= 4 is 46.4 Å². The Morgan fingerprint density at radius 1 is 1.07 bits per heavy atom. The molecular weight excluding hydrogens is 397 g/mol. The van der Waals surface area contributed by atoms with Crippen LogP contribution in [-0.4, -0.2) is 29.8 Å². The zero-order chi connectivity index (χ0) is 20.1. The van der Waals surface area contributed by atoms with E-state index in [0.717, 1.165) is 30.6 Å². The number of hydrogen-bond acceptors (Lipinski definition) is 3. The quantitative estimate of drug-likeness (QED) is 0.731. The zero-order valence-corrected chi connectivity index (χ0v) is 17.2. The Bertz CT molecular complexity index is 855. The molecule has 2 aromatic carbocycles. The molecule has 3 rings (SSSR count). The van der Waals surface area contributed by atoms with E-state index in [1.807, 2.05) is 12.1 Å². The van der Waals surface area contributed by atoms with Crippen LogP contribution >= 0.6 is 23.2 Å². The lowest BCUT2D eigenvalue weighted by atomic mass is 9.96. The Balaban J connectivity index is 1.57. The summed E-state index contributed by atoms with van der Waals surface area (Å²) < 4.78 is 0. The maximum atomic E-state index is 12.7. The molecule has 1 saturated heterocycles. The Morgan fingerprint density at radius 3 is 2.39 bits per heavy atom. The van der Waals surface area contributed by atoms with Crippen molar-refractivity contribution < 1.29 is 9.59 Å². The lowest BCUT2D eigenvalue weighted by Gasteiger charge is -2.32. The molecule has 1 aliphatic rings. The zero-order valence-electron chi connectivity index (χ0n) is 15.7. The minimum atomic E-state index is -0.125. The average Bonchev–Trinajstić information content (AvgIpc) is 2.65. The number of carbonyl (C=O) groups is 2. The first-order valence-corrected chi connectivity index (χ1v) is 10.0. The Morgan fingerprint density at radius 2 is 1.75 bits per heavy atom. The Hall–Kier alpha value is -2.08. The van der Waals surface area contributed by atoms with Gasteiger partial charge in [0.1, 0.15) is 0 Å². The van der Waals surface area contributed by atoms with Gasteiger partial charge in [-0.3, -0.25) is 14.5 Å². The molecule has 0 aromatic heterocycles. The second-order valence-electron chi connectivity index (χ2n) is 7.06. The van der Waals surface area contributed by atoms with E-state index in [4.69, 9.17) is 23.2 Å². The maximum absolute atomic E-state index is 12.7. The third kappa shape index (κ3) is 5.71. The van der Waals surface area contributed by atoms with Gasteiger partial charge in [0.25, 0.3) is 0 Å². The van der Waals surface area contributed by atoms with Gasteiger partial charge in [-0.15, -0.1) is 0 Å². The van der Waals surface area contributed by atoms with Crippen LogP contribution in [0.25, 0.3) is 0 Å². The van der Waals surface area contributed by atoms with Crippen LogP contribution in [0, 0.1) is 5.92 Å². The molecule has 0 spiro atoms. The first-order valence-electron chi connectivity index (χ1n) is 9.25. The molecule has 0 bridgehead atoms. The summed E-state index contributed by atoms with van der Waals surface area (Å²) in [6, 6.07) is 12.6. The molecule has 2 aromatic rings. The van der Waals surface area contributed by atoms with Gasteiger partial charge in [-0.2, -0.15) is 0 Å². The fraction of sp³-hybridized carbons (Fsp3) is 0.333. The number of halogens is 2. The number of hydrogen-bond donors (Lipinski definition) is 2. The van der Waals surface area contributed by atoms with E-state index in [1.165, 1.54) is 6.92 Å². The van der Waals surface area contributed by atoms with Gasteiger partial charge in [0.05, 0.1) is 5.92 Å². The van der Waals surface area contributed by atoms with E-state index in [2.05, 4.69) is 15.5 Å². The summed E-state index contributed by atoms with van der Waals surface area (Å²) >= 11 is 12.2. The van der Waals surface area contributed by atoms with Crippen LogP contribution in [0.15, 0.2) is 42.5 Å². The number of benzene rings is 2. The number of nitrogens with one attached hydrogen (secondary N) is 2. The van der Waals surface area contributed by atoms with Gasteiger partial charge in [0.2, 0.25) is 11.8 Å². The van der Waals surface area contributed by atoms with Gasteiger partial charge < -0.3 is 10.6 Å². The summed E-state index contributed by atoms with van der Waals surface area (Å²) in [7, 11) is 0. The SMILES string of the molecule is CC(=O)Nc1ccc(NC(=O)C2CCCN(Cc3ccc(Cl)cc3Cl)C2)cc1. The molecule has 1 unspecified atom stereocenters. The smallest absolute Gasteiger partial charge is 0.228 e. The number of anilines is 2. The molecule has 0 radical (unpaired) electrons. The molecule has 0 saturated carbocycles. The molecule has 1 fully saturated rings. The normalized spacial score (nSPS) is 17.2. The lowest BCUT2D eigenvalue weighted by Crippen LogP contribution is -2.40. The van der Waals surface area contributed by atoms with Crippen molar-refractivity contribution in [1.82, 2.24) is 4.90 Å². The number of rotatable bonds is 5. The van der Waals surface area contributed by atoms with Crippen LogP contribution in [0.3, 0.4) is 0 Å². The van der Waals surface area contributed by atoms with E-state index in [9.17, 15) is 9.59 Å². The van der Waals surface area contributed by atoms with E-state index >= 15 is 0 Å². The number of likely N-dealkylation sites (tertiary alicyclic amines) is 1. The molecule has 7 heteroatoms. The second kappa shape index (κ2) is 9.41. The minimum absolute atomic E-state index is 0.0131. The molecular formula is C21H23Cl2N3O2. The number of amides is 2. The standard InChI is InChI=1S/C21H23Cl2N3O2/c1-14(27)24-18-6-8-19(9-7-18)25-21(28)16-3-2-10-26(13-16)12-15-4-5-17(22)11-20(15)23/h4-9,11,16H,2-3,10,12-13H2,1H3,(H,24,27)(H,25,28). The van der Waals surface area contributed by atoms with Crippen LogP contribution in [0.4, 0.5) is 11.4 Å². The van der Waals surface area contributed by atoms with Crippen molar-refractivity contribution in [3.63, 3.8) is 0 Å². The molecule has 5 nitrogen and oxygen atoms in total. The summed E-state index contributed by atoms with van der Waals surface area (Å²) in [5, 5.41) is 6.95. The third-order valence-electron chi connectivity index (χ3n) is 4.76. The van der Waals surface area contributed by atoms with Crippen molar-refractivity contribution in [2.75, 3.05) is 23.7 Å². The average molecular weight is 420 g/mol. The number of piperidine rings is 1. The molecule has 2 amide bonds. The van der Waals surface area contributed by atoms with Gasteiger partial charge in [-0.25, -0.2) is 0 Å². The maximum Gasteiger partial charge on any atom is 0.228 e. The molecule has 0 aliphatic carbocycles.